The Bertz CT molecular complexity index is 393. The van der Waals surface area contributed by atoms with Crippen LogP contribution in [0.1, 0.15) is 49.8 Å². The van der Waals surface area contributed by atoms with Crippen LogP contribution in [0.5, 0.6) is 0 Å². The fourth-order valence-corrected chi connectivity index (χ4v) is 2.43. The van der Waals surface area contributed by atoms with Gasteiger partial charge in [0.1, 0.15) is 0 Å². The summed E-state index contributed by atoms with van der Waals surface area (Å²) in [6.45, 7) is 4.08. The van der Waals surface area contributed by atoms with Gasteiger partial charge in [0.25, 0.3) is 0 Å². The average Bonchev–Trinajstić information content (AvgIpc) is 2.82. The first-order chi connectivity index (χ1) is 8.65. The van der Waals surface area contributed by atoms with Gasteiger partial charge in [-0.25, -0.2) is 4.79 Å². The Hall–Kier alpha value is -1.51. The first-order valence-corrected chi connectivity index (χ1v) is 6.79. The molecule has 1 aromatic carbocycles. The molecule has 1 fully saturated rings. The molecule has 1 saturated carbocycles. The maximum Gasteiger partial charge on any atom is 0.315 e. The standard InChI is InChI=1S/C15H22N2O/c1-11-7-9-13(10-8-11)12(2)16-15(18)17-14-5-3-4-6-14/h7-10,12,14H,3-6H2,1-2H3,(H2,16,17,18). The summed E-state index contributed by atoms with van der Waals surface area (Å²) in [4.78, 5) is 11.8. The van der Waals surface area contributed by atoms with Gasteiger partial charge in [-0.15, -0.1) is 0 Å². The topological polar surface area (TPSA) is 41.1 Å². The van der Waals surface area contributed by atoms with Gasteiger partial charge in [-0.3, -0.25) is 0 Å². The van der Waals surface area contributed by atoms with Crippen LogP contribution in [0.25, 0.3) is 0 Å². The molecule has 0 spiro atoms. The molecule has 0 radical (unpaired) electrons. The Balaban J connectivity index is 1.84. The van der Waals surface area contributed by atoms with Crippen LogP contribution in [0.15, 0.2) is 24.3 Å². The van der Waals surface area contributed by atoms with E-state index in [0.717, 1.165) is 18.4 Å². The summed E-state index contributed by atoms with van der Waals surface area (Å²) in [7, 11) is 0. The van der Waals surface area contributed by atoms with Crippen LogP contribution in [0.2, 0.25) is 0 Å². The smallest absolute Gasteiger partial charge is 0.315 e. The van der Waals surface area contributed by atoms with E-state index in [-0.39, 0.29) is 12.1 Å². The molecule has 1 aliphatic rings. The zero-order chi connectivity index (χ0) is 13.0. The fourth-order valence-electron chi connectivity index (χ4n) is 2.43. The molecule has 1 unspecified atom stereocenters. The Morgan fingerprint density at radius 1 is 1.22 bits per heavy atom. The zero-order valence-electron chi connectivity index (χ0n) is 11.2. The third-order valence-electron chi connectivity index (χ3n) is 3.62. The van der Waals surface area contributed by atoms with Crippen molar-refractivity contribution in [2.45, 2.75) is 51.6 Å². The Kier molecular flexibility index (Phi) is 4.24. The molecule has 0 heterocycles. The number of benzene rings is 1. The number of hydrogen-bond donors (Lipinski definition) is 2. The quantitative estimate of drug-likeness (QED) is 0.844. The molecular weight excluding hydrogens is 224 g/mol. The lowest BCUT2D eigenvalue weighted by molar-refractivity contribution is 0.234. The van der Waals surface area contributed by atoms with Crippen molar-refractivity contribution in [2.75, 3.05) is 0 Å². The van der Waals surface area contributed by atoms with Gasteiger partial charge in [0, 0.05) is 6.04 Å². The van der Waals surface area contributed by atoms with Gasteiger partial charge in [-0.05, 0) is 32.3 Å². The van der Waals surface area contributed by atoms with Crippen molar-refractivity contribution >= 4 is 6.03 Å². The third kappa shape index (κ3) is 3.49. The average molecular weight is 246 g/mol. The Morgan fingerprint density at radius 3 is 2.44 bits per heavy atom. The minimum absolute atomic E-state index is 0.0463. The molecule has 0 bridgehead atoms. The number of carbonyl (C=O) groups excluding carboxylic acids is 1. The molecule has 1 aromatic rings. The van der Waals surface area contributed by atoms with Gasteiger partial charge >= 0.3 is 6.03 Å². The summed E-state index contributed by atoms with van der Waals surface area (Å²) < 4.78 is 0. The van der Waals surface area contributed by atoms with Gasteiger partial charge in [-0.2, -0.15) is 0 Å². The maximum atomic E-state index is 11.8. The third-order valence-corrected chi connectivity index (χ3v) is 3.62. The van der Waals surface area contributed by atoms with Gasteiger partial charge in [0.05, 0.1) is 6.04 Å². The lowest BCUT2D eigenvalue weighted by Crippen LogP contribution is -2.41. The highest BCUT2D eigenvalue weighted by Gasteiger charge is 2.18. The summed E-state index contributed by atoms with van der Waals surface area (Å²) >= 11 is 0. The predicted octanol–water partition coefficient (Wildman–Crippen LogP) is 3.30. The van der Waals surface area contributed by atoms with E-state index in [4.69, 9.17) is 0 Å². The van der Waals surface area contributed by atoms with Crippen LogP contribution in [0.3, 0.4) is 0 Å². The molecule has 3 nitrogen and oxygen atoms in total. The Morgan fingerprint density at radius 2 is 1.83 bits per heavy atom. The molecule has 1 aliphatic carbocycles. The van der Waals surface area contributed by atoms with Gasteiger partial charge in [0.2, 0.25) is 0 Å². The van der Waals surface area contributed by atoms with E-state index in [9.17, 15) is 4.79 Å². The van der Waals surface area contributed by atoms with Crippen LogP contribution >= 0.6 is 0 Å². The molecule has 1 atom stereocenters. The minimum atomic E-state index is -0.0463. The summed E-state index contributed by atoms with van der Waals surface area (Å²) in [5.74, 6) is 0. The van der Waals surface area contributed by atoms with Crippen LogP contribution in [-0.2, 0) is 0 Å². The van der Waals surface area contributed by atoms with E-state index >= 15 is 0 Å². The summed E-state index contributed by atoms with van der Waals surface area (Å²) in [5, 5.41) is 6.03. The van der Waals surface area contributed by atoms with Crippen molar-refractivity contribution < 1.29 is 4.79 Å². The normalized spacial score (nSPS) is 17.4. The van der Waals surface area contributed by atoms with E-state index < -0.39 is 0 Å². The number of aryl methyl sites for hydroxylation is 1. The SMILES string of the molecule is Cc1ccc(C(C)NC(=O)NC2CCCC2)cc1. The molecule has 18 heavy (non-hydrogen) atoms. The van der Waals surface area contributed by atoms with Gasteiger partial charge in [-0.1, -0.05) is 42.7 Å². The Labute approximate surface area is 109 Å². The minimum Gasteiger partial charge on any atom is -0.335 e. The summed E-state index contributed by atoms with van der Waals surface area (Å²) in [6, 6.07) is 8.65. The molecular formula is C15H22N2O. The highest BCUT2D eigenvalue weighted by atomic mass is 16.2. The maximum absolute atomic E-state index is 11.8. The van der Waals surface area contributed by atoms with Gasteiger partial charge in [0.15, 0.2) is 0 Å². The van der Waals surface area contributed by atoms with Crippen molar-refractivity contribution in [2.24, 2.45) is 0 Å². The number of hydrogen-bond acceptors (Lipinski definition) is 1. The summed E-state index contributed by atoms with van der Waals surface area (Å²) in [6.07, 6.45) is 4.70. The summed E-state index contributed by atoms with van der Waals surface area (Å²) in [5.41, 5.74) is 2.38. The second-order valence-corrected chi connectivity index (χ2v) is 5.23. The molecule has 2 N–H and O–H groups in total. The lowest BCUT2D eigenvalue weighted by Gasteiger charge is -2.18. The number of urea groups is 1. The first-order valence-electron chi connectivity index (χ1n) is 6.79. The van der Waals surface area contributed by atoms with E-state index in [0.29, 0.717) is 6.04 Å². The fraction of sp³-hybridized carbons (Fsp3) is 0.533. The molecule has 0 saturated heterocycles. The second-order valence-electron chi connectivity index (χ2n) is 5.23. The van der Waals surface area contributed by atoms with Crippen molar-refractivity contribution in [3.8, 4) is 0 Å². The monoisotopic (exact) mass is 246 g/mol. The van der Waals surface area contributed by atoms with Crippen molar-refractivity contribution in [1.82, 2.24) is 10.6 Å². The van der Waals surface area contributed by atoms with E-state index in [1.807, 2.05) is 6.92 Å². The van der Waals surface area contributed by atoms with Gasteiger partial charge < -0.3 is 10.6 Å². The van der Waals surface area contributed by atoms with Crippen molar-refractivity contribution in [1.29, 1.82) is 0 Å². The molecule has 0 aliphatic heterocycles. The highest BCUT2D eigenvalue weighted by Crippen LogP contribution is 2.18. The molecule has 0 aromatic heterocycles. The molecule has 2 rings (SSSR count). The van der Waals surface area contributed by atoms with E-state index in [1.54, 1.807) is 0 Å². The zero-order valence-corrected chi connectivity index (χ0v) is 11.2. The molecule has 3 heteroatoms. The molecule has 98 valence electrons. The second kappa shape index (κ2) is 5.89. The highest BCUT2D eigenvalue weighted by molar-refractivity contribution is 5.74. The lowest BCUT2D eigenvalue weighted by atomic mass is 10.1. The van der Waals surface area contributed by atoms with E-state index in [2.05, 4.69) is 41.8 Å². The van der Waals surface area contributed by atoms with Crippen LogP contribution in [0.4, 0.5) is 4.79 Å². The van der Waals surface area contributed by atoms with Crippen LogP contribution in [-0.4, -0.2) is 12.1 Å². The number of carbonyl (C=O) groups is 1. The van der Waals surface area contributed by atoms with Crippen molar-refractivity contribution in [3.63, 3.8) is 0 Å². The number of amides is 2. The largest absolute Gasteiger partial charge is 0.335 e. The van der Waals surface area contributed by atoms with E-state index in [1.165, 1.54) is 18.4 Å². The number of nitrogens with one attached hydrogen (secondary N) is 2. The van der Waals surface area contributed by atoms with Crippen molar-refractivity contribution in [3.05, 3.63) is 35.4 Å². The number of rotatable bonds is 3. The van der Waals surface area contributed by atoms with Crippen LogP contribution in [0, 0.1) is 6.92 Å². The van der Waals surface area contributed by atoms with Crippen LogP contribution < -0.4 is 10.6 Å². The predicted molar refractivity (Wildman–Crippen MR) is 73.5 cm³/mol. The molecule has 2 amide bonds. The first kappa shape index (κ1) is 12.9.